The van der Waals surface area contributed by atoms with Crippen molar-refractivity contribution in [2.24, 2.45) is 0 Å². The fraction of sp³-hybridized carbons (Fsp3) is 0.222. The fourth-order valence-electron chi connectivity index (χ4n) is 2.70. The van der Waals surface area contributed by atoms with E-state index in [1.807, 2.05) is 0 Å². The van der Waals surface area contributed by atoms with Gasteiger partial charge in [-0.3, -0.25) is 9.59 Å². The fourth-order valence-corrected chi connectivity index (χ4v) is 3.00. The molecular weight excluding hydrogens is 366 g/mol. The van der Waals surface area contributed by atoms with E-state index in [9.17, 15) is 14.0 Å². The van der Waals surface area contributed by atoms with Crippen molar-refractivity contribution in [3.8, 4) is 0 Å². The maximum Gasteiger partial charge on any atom is 0.254 e. The highest BCUT2D eigenvalue weighted by atomic mass is 35.5. The van der Waals surface area contributed by atoms with Crippen LogP contribution in [-0.2, 0) is 0 Å². The van der Waals surface area contributed by atoms with Crippen LogP contribution in [0.1, 0.15) is 20.7 Å². The van der Waals surface area contributed by atoms with Crippen LogP contribution in [0.25, 0.3) is 0 Å². The number of benzene rings is 2. The summed E-state index contributed by atoms with van der Waals surface area (Å²) in [6.07, 6.45) is 0. The Bertz CT molecular complexity index is 803. The zero-order valence-corrected chi connectivity index (χ0v) is 14.7. The van der Waals surface area contributed by atoms with Crippen molar-refractivity contribution in [1.29, 1.82) is 0 Å². The van der Waals surface area contributed by atoms with Crippen LogP contribution >= 0.6 is 23.2 Å². The van der Waals surface area contributed by atoms with Crippen LogP contribution in [0.15, 0.2) is 42.5 Å². The second-order valence-corrected chi connectivity index (χ2v) is 6.53. The van der Waals surface area contributed by atoms with Crippen LogP contribution in [0.3, 0.4) is 0 Å². The average molecular weight is 381 g/mol. The summed E-state index contributed by atoms with van der Waals surface area (Å²) in [7, 11) is 0. The van der Waals surface area contributed by atoms with Gasteiger partial charge in [0.25, 0.3) is 11.8 Å². The highest BCUT2D eigenvalue weighted by Crippen LogP contribution is 2.23. The standard InChI is InChI=1S/C18H15Cl2FN2O2/c19-15-6-3-13(11-16(15)20)18(25)23-9-7-22(8-10-23)17(24)12-1-4-14(21)5-2-12/h1-6,11H,7-10H2. The van der Waals surface area contributed by atoms with Crippen LogP contribution < -0.4 is 0 Å². The molecule has 0 aliphatic carbocycles. The van der Waals surface area contributed by atoms with Crippen molar-refractivity contribution in [2.75, 3.05) is 26.2 Å². The molecule has 2 aromatic carbocycles. The predicted octanol–water partition coefficient (Wildman–Crippen LogP) is 3.73. The first kappa shape index (κ1) is 17.7. The van der Waals surface area contributed by atoms with Gasteiger partial charge in [-0.1, -0.05) is 23.2 Å². The lowest BCUT2D eigenvalue weighted by Crippen LogP contribution is -2.50. The van der Waals surface area contributed by atoms with Gasteiger partial charge in [0.15, 0.2) is 0 Å². The van der Waals surface area contributed by atoms with Crippen LogP contribution in [0, 0.1) is 5.82 Å². The Labute approximate surface area is 154 Å². The van der Waals surface area contributed by atoms with Crippen molar-refractivity contribution in [1.82, 2.24) is 9.80 Å². The minimum Gasteiger partial charge on any atom is -0.335 e. The number of nitrogens with zero attached hydrogens (tertiary/aromatic N) is 2. The Morgan fingerprint density at radius 2 is 1.24 bits per heavy atom. The van der Waals surface area contributed by atoms with E-state index in [-0.39, 0.29) is 17.6 Å². The molecule has 7 heteroatoms. The van der Waals surface area contributed by atoms with Gasteiger partial charge in [-0.15, -0.1) is 0 Å². The van der Waals surface area contributed by atoms with E-state index in [1.165, 1.54) is 24.3 Å². The molecule has 2 amide bonds. The Kier molecular flexibility index (Phi) is 5.25. The molecule has 0 N–H and O–H groups in total. The largest absolute Gasteiger partial charge is 0.335 e. The number of piperazine rings is 1. The lowest BCUT2D eigenvalue weighted by Gasteiger charge is -2.35. The number of hydrogen-bond acceptors (Lipinski definition) is 2. The van der Waals surface area contributed by atoms with E-state index in [4.69, 9.17) is 23.2 Å². The minimum absolute atomic E-state index is 0.146. The van der Waals surface area contributed by atoms with Crippen molar-refractivity contribution < 1.29 is 14.0 Å². The summed E-state index contributed by atoms with van der Waals surface area (Å²) in [5, 5.41) is 0.727. The van der Waals surface area contributed by atoms with Crippen molar-refractivity contribution in [3.05, 3.63) is 69.5 Å². The van der Waals surface area contributed by atoms with Crippen molar-refractivity contribution >= 4 is 35.0 Å². The Hall–Kier alpha value is -2.11. The Morgan fingerprint density at radius 1 is 0.760 bits per heavy atom. The van der Waals surface area contributed by atoms with E-state index in [1.54, 1.807) is 28.0 Å². The van der Waals surface area contributed by atoms with Gasteiger partial charge in [0.2, 0.25) is 0 Å². The van der Waals surface area contributed by atoms with Gasteiger partial charge in [0.1, 0.15) is 5.82 Å². The average Bonchev–Trinajstić information content (AvgIpc) is 2.63. The smallest absolute Gasteiger partial charge is 0.254 e. The number of hydrogen-bond donors (Lipinski definition) is 0. The first-order valence-corrected chi connectivity index (χ1v) is 8.50. The molecule has 3 rings (SSSR count). The van der Waals surface area contributed by atoms with Crippen molar-refractivity contribution in [3.63, 3.8) is 0 Å². The van der Waals surface area contributed by atoms with Gasteiger partial charge in [0.05, 0.1) is 10.0 Å². The molecule has 1 aliphatic rings. The van der Waals surface area contributed by atoms with Crippen LogP contribution in [0.5, 0.6) is 0 Å². The Balaban J connectivity index is 1.63. The summed E-state index contributed by atoms with van der Waals surface area (Å²) < 4.78 is 13.0. The molecule has 4 nitrogen and oxygen atoms in total. The molecule has 2 aromatic rings. The summed E-state index contributed by atoms with van der Waals surface area (Å²) in [5.41, 5.74) is 0.901. The molecule has 1 saturated heterocycles. The minimum atomic E-state index is -0.381. The molecule has 0 saturated carbocycles. The maximum atomic E-state index is 13.0. The van der Waals surface area contributed by atoms with E-state index >= 15 is 0 Å². The number of halogens is 3. The first-order valence-electron chi connectivity index (χ1n) is 7.75. The van der Waals surface area contributed by atoms with Gasteiger partial charge in [-0.2, -0.15) is 0 Å². The molecule has 0 aromatic heterocycles. The second kappa shape index (κ2) is 7.42. The third kappa shape index (κ3) is 3.94. The summed E-state index contributed by atoms with van der Waals surface area (Å²) in [6, 6.07) is 10.2. The highest BCUT2D eigenvalue weighted by Gasteiger charge is 2.25. The second-order valence-electron chi connectivity index (χ2n) is 5.72. The summed E-state index contributed by atoms with van der Waals surface area (Å²) >= 11 is 11.8. The number of carbonyl (C=O) groups is 2. The number of rotatable bonds is 2. The van der Waals surface area contributed by atoms with Gasteiger partial charge < -0.3 is 9.80 Å². The molecule has 0 spiro atoms. The first-order chi connectivity index (χ1) is 12.0. The molecule has 130 valence electrons. The quantitative estimate of drug-likeness (QED) is 0.796. The molecule has 0 unspecified atom stereocenters. The van der Waals surface area contributed by atoms with Crippen molar-refractivity contribution in [2.45, 2.75) is 0 Å². The van der Waals surface area contributed by atoms with Gasteiger partial charge >= 0.3 is 0 Å². The summed E-state index contributed by atoms with van der Waals surface area (Å²) in [6.45, 7) is 1.69. The molecule has 25 heavy (non-hydrogen) atoms. The topological polar surface area (TPSA) is 40.6 Å². The molecule has 0 bridgehead atoms. The molecule has 0 atom stereocenters. The predicted molar refractivity (Wildman–Crippen MR) is 94.7 cm³/mol. The maximum absolute atomic E-state index is 13.0. The summed E-state index contributed by atoms with van der Waals surface area (Å²) in [4.78, 5) is 28.3. The van der Waals surface area contributed by atoms with Gasteiger partial charge in [-0.25, -0.2) is 4.39 Å². The third-order valence-electron chi connectivity index (χ3n) is 4.11. The lowest BCUT2D eigenvalue weighted by atomic mass is 10.1. The normalized spacial score (nSPS) is 14.5. The number of carbonyl (C=O) groups excluding carboxylic acids is 2. The van der Waals surface area contributed by atoms with Gasteiger partial charge in [-0.05, 0) is 42.5 Å². The van der Waals surface area contributed by atoms with E-state index in [0.29, 0.717) is 47.4 Å². The van der Waals surface area contributed by atoms with Crippen LogP contribution in [0.4, 0.5) is 4.39 Å². The van der Waals surface area contributed by atoms with Gasteiger partial charge in [0, 0.05) is 37.3 Å². The van der Waals surface area contributed by atoms with Crippen LogP contribution in [0.2, 0.25) is 10.0 Å². The SMILES string of the molecule is O=C(c1ccc(F)cc1)N1CCN(C(=O)c2ccc(Cl)c(Cl)c2)CC1. The molecule has 0 radical (unpaired) electrons. The highest BCUT2D eigenvalue weighted by molar-refractivity contribution is 6.42. The van der Waals surface area contributed by atoms with E-state index < -0.39 is 0 Å². The lowest BCUT2D eigenvalue weighted by molar-refractivity contribution is 0.0535. The molecule has 1 aliphatic heterocycles. The Morgan fingerprint density at radius 3 is 1.76 bits per heavy atom. The van der Waals surface area contributed by atoms with Crippen LogP contribution in [-0.4, -0.2) is 47.8 Å². The molecule has 1 heterocycles. The third-order valence-corrected chi connectivity index (χ3v) is 4.85. The molecule has 1 fully saturated rings. The summed E-state index contributed by atoms with van der Waals surface area (Å²) in [5.74, 6) is -0.692. The zero-order valence-electron chi connectivity index (χ0n) is 13.2. The zero-order chi connectivity index (χ0) is 18.0. The van der Waals surface area contributed by atoms with E-state index in [0.717, 1.165) is 0 Å². The molecular formula is C18H15Cl2FN2O2. The number of amides is 2. The van der Waals surface area contributed by atoms with E-state index in [2.05, 4.69) is 0 Å². The monoisotopic (exact) mass is 380 g/mol.